The number of carbonyl (C=O) groups is 1. The number of rotatable bonds is 3. The predicted molar refractivity (Wildman–Crippen MR) is 62.0 cm³/mol. The van der Waals surface area contributed by atoms with Crippen LogP contribution >= 0.6 is 0 Å². The van der Waals surface area contributed by atoms with Gasteiger partial charge in [-0.15, -0.1) is 0 Å². The van der Waals surface area contributed by atoms with Gasteiger partial charge in [-0.2, -0.15) is 0 Å². The van der Waals surface area contributed by atoms with Gasteiger partial charge in [-0.05, 0) is 36.5 Å². The van der Waals surface area contributed by atoms with Gasteiger partial charge in [-0.25, -0.2) is 9.86 Å². The minimum absolute atomic E-state index is 0.153. The Morgan fingerprint density at radius 2 is 2.00 bits per heavy atom. The highest BCUT2D eigenvalue weighted by molar-refractivity contribution is 5.71. The minimum Gasteiger partial charge on any atom is -0.497 e. The molecule has 1 fully saturated rings. The van der Waals surface area contributed by atoms with Crippen LogP contribution in [-0.4, -0.2) is 29.5 Å². The average molecular weight is 236 g/mol. The Bertz CT molecular complexity index is 399. The number of primary amides is 1. The Labute approximate surface area is 99.7 Å². The molecule has 17 heavy (non-hydrogen) atoms. The van der Waals surface area contributed by atoms with Crippen LogP contribution in [0.4, 0.5) is 4.79 Å². The van der Waals surface area contributed by atoms with E-state index in [0.29, 0.717) is 11.0 Å². The monoisotopic (exact) mass is 236 g/mol. The molecular formula is C12H16N2O3. The number of hydrogen-bond donors (Lipinski definition) is 2. The first-order chi connectivity index (χ1) is 8.11. The van der Waals surface area contributed by atoms with Crippen molar-refractivity contribution in [1.29, 1.82) is 0 Å². The Hall–Kier alpha value is -1.75. The first-order valence-corrected chi connectivity index (χ1v) is 5.53. The number of hydroxylamine groups is 2. The topological polar surface area (TPSA) is 75.8 Å². The summed E-state index contributed by atoms with van der Waals surface area (Å²) < 4.78 is 5.08. The van der Waals surface area contributed by atoms with Crippen LogP contribution in [0.2, 0.25) is 0 Å². The van der Waals surface area contributed by atoms with Crippen LogP contribution < -0.4 is 10.5 Å². The number of amides is 2. The molecule has 92 valence electrons. The van der Waals surface area contributed by atoms with Crippen molar-refractivity contribution in [2.24, 2.45) is 5.73 Å². The molecule has 3 N–H and O–H groups in total. The number of urea groups is 1. The second kappa shape index (κ2) is 4.63. The van der Waals surface area contributed by atoms with E-state index in [0.717, 1.165) is 18.6 Å². The summed E-state index contributed by atoms with van der Waals surface area (Å²) in [5.41, 5.74) is 6.18. The normalized spacial score (nSPS) is 22.7. The summed E-state index contributed by atoms with van der Waals surface area (Å²) in [6.07, 6.45) is 1.48. The number of carbonyl (C=O) groups excluding carboxylic acids is 1. The lowest BCUT2D eigenvalue weighted by Crippen LogP contribution is -2.47. The van der Waals surface area contributed by atoms with Crippen LogP contribution in [-0.2, 0) is 0 Å². The molecule has 0 aromatic heterocycles. The molecule has 0 bridgehead atoms. The average Bonchev–Trinajstić information content (AvgIpc) is 2.27. The van der Waals surface area contributed by atoms with Crippen molar-refractivity contribution in [1.82, 2.24) is 5.06 Å². The molecule has 1 aliphatic carbocycles. The molecule has 1 saturated carbocycles. The van der Waals surface area contributed by atoms with E-state index >= 15 is 0 Å². The molecule has 1 aliphatic rings. The largest absolute Gasteiger partial charge is 0.497 e. The summed E-state index contributed by atoms with van der Waals surface area (Å²) >= 11 is 0. The predicted octanol–water partition coefficient (Wildman–Crippen LogP) is 1.71. The number of hydrogen-bond acceptors (Lipinski definition) is 3. The number of nitrogens with zero attached hydrogens (tertiary/aromatic N) is 1. The highest BCUT2D eigenvalue weighted by Crippen LogP contribution is 2.39. The Balaban J connectivity index is 1.92. The summed E-state index contributed by atoms with van der Waals surface area (Å²) in [4.78, 5) is 10.7. The lowest BCUT2D eigenvalue weighted by atomic mass is 9.76. The third-order valence-corrected chi connectivity index (χ3v) is 3.27. The molecule has 0 saturated heterocycles. The summed E-state index contributed by atoms with van der Waals surface area (Å²) in [6, 6.07) is 6.89. The van der Waals surface area contributed by atoms with Gasteiger partial charge in [0.25, 0.3) is 0 Å². The van der Waals surface area contributed by atoms with Crippen LogP contribution in [0.15, 0.2) is 24.3 Å². The molecule has 5 nitrogen and oxygen atoms in total. The van der Waals surface area contributed by atoms with Crippen molar-refractivity contribution < 1.29 is 14.7 Å². The lowest BCUT2D eigenvalue weighted by Gasteiger charge is -2.39. The van der Waals surface area contributed by atoms with Gasteiger partial charge in [-0.1, -0.05) is 12.1 Å². The van der Waals surface area contributed by atoms with E-state index in [4.69, 9.17) is 10.5 Å². The van der Waals surface area contributed by atoms with Gasteiger partial charge in [0.15, 0.2) is 0 Å². The molecular weight excluding hydrogens is 220 g/mol. The summed E-state index contributed by atoms with van der Waals surface area (Å²) in [5, 5.41) is 9.96. The van der Waals surface area contributed by atoms with Crippen LogP contribution in [0.1, 0.15) is 24.3 Å². The van der Waals surface area contributed by atoms with Crippen molar-refractivity contribution in [3.8, 4) is 5.75 Å². The zero-order valence-corrected chi connectivity index (χ0v) is 9.67. The number of methoxy groups -OCH3 is 1. The molecule has 0 spiro atoms. The first kappa shape index (κ1) is 11.7. The molecule has 0 radical (unpaired) electrons. The van der Waals surface area contributed by atoms with Crippen molar-refractivity contribution in [2.45, 2.75) is 24.8 Å². The minimum atomic E-state index is -0.789. The van der Waals surface area contributed by atoms with E-state index in [1.807, 2.05) is 24.3 Å². The lowest BCUT2D eigenvalue weighted by molar-refractivity contribution is -0.102. The van der Waals surface area contributed by atoms with E-state index in [1.54, 1.807) is 7.11 Å². The standard InChI is InChI=1S/C12H16N2O3/c1-17-11-4-2-8(3-5-11)9-6-10(7-9)14(16)12(13)15/h2-5,9-10,16H,6-7H2,1H3,(H2,13,15). The van der Waals surface area contributed by atoms with Crippen molar-refractivity contribution in [2.75, 3.05) is 7.11 Å². The zero-order valence-electron chi connectivity index (χ0n) is 9.67. The van der Waals surface area contributed by atoms with Gasteiger partial charge in [0.1, 0.15) is 5.75 Å². The highest BCUT2D eigenvalue weighted by atomic mass is 16.5. The maximum Gasteiger partial charge on any atom is 0.338 e. The third kappa shape index (κ3) is 2.34. The molecule has 0 atom stereocenters. The molecule has 0 unspecified atom stereocenters. The van der Waals surface area contributed by atoms with Crippen LogP contribution in [0.25, 0.3) is 0 Å². The van der Waals surface area contributed by atoms with E-state index in [9.17, 15) is 10.0 Å². The van der Waals surface area contributed by atoms with Gasteiger partial charge >= 0.3 is 6.03 Å². The smallest absolute Gasteiger partial charge is 0.338 e. The number of ether oxygens (including phenoxy) is 1. The van der Waals surface area contributed by atoms with Crippen molar-refractivity contribution >= 4 is 6.03 Å². The molecule has 0 heterocycles. The maximum atomic E-state index is 10.7. The number of benzene rings is 1. The Kier molecular flexibility index (Phi) is 3.19. The van der Waals surface area contributed by atoms with Crippen LogP contribution in [0.3, 0.4) is 0 Å². The Morgan fingerprint density at radius 3 is 2.47 bits per heavy atom. The fourth-order valence-electron chi connectivity index (χ4n) is 2.12. The summed E-state index contributed by atoms with van der Waals surface area (Å²) in [5.74, 6) is 1.20. The zero-order chi connectivity index (χ0) is 12.4. The van der Waals surface area contributed by atoms with Gasteiger partial charge in [0, 0.05) is 0 Å². The van der Waals surface area contributed by atoms with Gasteiger partial charge in [0.05, 0.1) is 13.2 Å². The van der Waals surface area contributed by atoms with E-state index in [2.05, 4.69) is 0 Å². The number of nitrogens with two attached hydrogens (primary N) is 1. The molecule has 2 amide bonds. The summed E-state index contributed by atoms with van der Waals surface area (Å²) in [6.45, 7) is 0. The quantitative estimate of drug-likeness (QED) is 0.619. The molecule has 2 rings (SSSR count). The van der Waals surface area contributed by atoms with Gasteiger partial charge in [0.2, 0.25) is 0 Å². The van der Waals surface area contributed by atoms with Gasteiger partial charge < -0.3 is 10.5 Å². The van der Waals surface area contributed by atoms with Crippen molar-refractivity contribution in [3.63, 3.8) is 0 Å². The second-order valence-corrected chi connectivity index (χ2v) is 4.28. The first-order valence-electron chi connectivity index (χ1n) is 5.53. The molecule has 5 heteroatoms. The third-order valence-electron chi connectivity index (χ3n) is 3.27. The van der Waals surface area contributed by atoms with Gasteiger partial charge in [-0.3, -0.25) is 5.21 Å². The van der Waals surface area contributed by atoms with E-state index < -0.39 is 6.03 Å². The maximum absolute atomic E-state index is 10.7. The van der Waals surface area contributed by atoms with Crippen molar-refractivity contribution in [3.05, 3.63) is 29.8 Å². The van der Waals surface area contributed by atoms with Crippen LogP contribution in [0, 0.1) is 0 Å². The van der Waals surface area contributed by atoms with Crippen LogP contribution in [0.5, 0.6) is 5.75 Å². The Morgan fingerprint density at radius 1 is 1.41 bits per heavy atom. The van der Waals surface area contributed by atoms with E-state index in [1.165, 1.54) is 5.56 Å². The molecule has 1 aromatic carbocycles. The second-order valence-electron chi connectivity index (χ2n) is 4.28. The molecule has 1 aromatic rings. The highest BCUT2D eigenvalue weighted by Gasteiger charge is 2.35. The fourth-order valence-corrected chi connectivity index (χ4v) is 2.12. The summed E-state index contributed by atoms with van der Waals surface area (Å²) in [7, 11) is 1.63. The van der Waals surface area contributed by atoms with E-state index in [-0.39, 0.29) is 6.04 Å². The SMILES string of the molecule is COc1ccc(C2CC(N(O)C(N)=O)C2)cc1. The molecule has 0 aliphatic heterocycles. The fraction of sp³-hybridized carbons (Fsp3) is 0.417.